The summed E-state index contributed by atoms with van der Waals surface area (Å²) in [6.07, 6.45) is 8.04. The minimum absolute atomic E-state index is 0.787. The molecule has 0 aliphatic heterocycles. The van der Waals surface area contributed by atoms with E-state index in [1.807, 2.05) is 0 Å². The van der Waals surface area contributed by atoms with Crippen LogP contribution in [0.3, 0.4) is 0 Å². The Balaban J connectivity index is 2.15. The number of hydrogen-bond acceptors (Lipinski definition) is 1. The minimum atomic E-state index is 0.787. The molecule has 0 N–H and O–H groups in total. The Morgan fingerprint density at radius 1 is 1.40 bits per heavy atom. The van der Waals surface area contributed by atoms with Crippen LogP contribution in [-0.2, 0) is 4.79 Å². The molecule has 0 heterocycles. The maximum absolute atomic E-state index is 10.2. The van der Waals surface area contributed by atoms with Gasteiger partial charge in [0.25, 0.3) is 0 Å². The average Bonchev–Trinajstić information content (AvgIpc) is 2.48. The van der Waals surface area contributed by atoms with Crippen molar-refractivity contribution in [2.45, 2.75) is 25.7 Å². The Hall–Kier alpha value is -0.590. The standard InChI is InChI=1S/C9H12O/c10-4-3-9-6-7-1-2-8(9)5-7/h3-4,7-8H,1-2,5-6H2. The zero-order valence-corrected chi connectivity index (χ0v) is 6.05. The van der Waals surface area contributed by atoms with Gasteiger partial charge in [-0.1, -0.05) is 5.57 Å². The molecule has 2 unspecified atom stereocenters. The molecule has 2 atom stereocenters. The van der Waals surface area contributed by atoms with E-state index >= 15 is 0 Å². The van der Waals surface area contributed by atoms with Crippen LogP contribution in [0, 0.1) is 11.8 Å². The molecule has 2 aliphatic carbocycles. The van der Waals surface area contributed by atoms with Gasteiger partial charge >= 0.3 is 0 Å². The summed E-state index contributed by atoms with van der Waals surface area (Å²) in [5.74, 6) is 1.71. The molecule has 0 amide bonds. The maximum atomic E-state index is 10.2. The fraction of sp³-hybridized carbons (Fsp3) is 0.667. The third kappa shape index (κ3) is 0.808. The average molecular weight is 136 g/mol. The quantitative estimate of drug-likeness (QED) is 0.397. The molecule has 1 heteroatoms. The molecule has 54 valence electrons. The lowest BCUT2D eigenvalue weighted by molar-refractivity contribution is -0.104. The van der Waals surface area contributed by atoms with Gasteiger partial charge in [0.2, 0.25) is 0 Å². The Morgan fingerprint density at radius 3 is 2.80 bits per heavy atom. The Labute approximate surface area is 61.1 Å². The molecule has 0 spiro atoms. The summed E-state index contributed by atoms with van der Waals surface area (Å²) in [5, 5.41) is 0. The zero-order valence-electron chi connectivity index (χ0n) is 6.05. The normalized spacial score (nSPS) is 41.0. The predicted octanol–water partition coefficient (Wildman–Crippen LogP) is 1.93. The summed E-state index contributed by atoms with van der Waals surface area (Å²) in [6.45, 7) is 0. The molecule has 0 aromatic heterocycles. The first-order valence-corrected chi connectivity index (χ1v) is 4.04. The van der Waals surface area contributed by atoms with Crippen molar-refractivity contribution < 1.29 is 4.79 Å². The lowest BCUT2D eigenvalue weighted by Gasteiger charge is -2.10. The summed E-state index contributed by atoms with van der Waals surface area (Å²) in [7, 11) is 0. The van der Waals surface area contributed by atoms with Crippen molar-refractivity contribution in [2.24, 2.45) is 11.8 Å². The third-order valence-corrected chi connectivity index (χ3v) is 2.87. The van der Waals surface area contributed by atoms with Crippen LogP contribution in [0.5, 0.6) is 0 Å². The first-order chi connectivity index (χ1) is 4.90. The van der Waals surface area contributed by atoms with Crippen LogP contribution in [-0.4, -0.2) is 6.29 Å². The van der Waals surface area contributed by atoms with Crippen LogP contribution >= 0.6 is 0 Å². The monoisotopic (exact) mass is 136 g/mol. The molecule has 2 aliphatic rings. The van der Waals surface area contributed by atoms with Gasteiger partial charge in [-0.25, -0.2) is 0 Å². The molecular weight excluding hydrogens is 124 g/mol. The molecule has 2 rings (SSSR count). The van der Waals surface area contributed by atoms with Crippen molar-refractivity contribution in [1.29, 1.82) is 0 Å². The summed E-state index contributed by atoms with van der Waals surface area (Å²) < 4.78 is 0. The molecule has 0 aromatic carbocycles. The van der Waals surface area contributed by atoms with Gasteiger partial charge in [0.1, 0.15) is 6.29 Å². The Bertz CT molecular complexity index is 181. The van der Waals surface area contributed by atoms with Gasteiger partial charge in [0, 0.05) is 0 Å². The van der Waals surface area contributed by atoms with Crippen LogP contribution in [0.25, 0.3) is 0 Å². The van der Waals surface area contributed by atoms with Crippen LogP contribution in [0.4, 0.5) is 0 Å². The second-order valence-electron chi connectivity index (χ2n) is 3.46. The van der Waals surface area contributed by atoms with E-state index in [1.54, 1.807) is 6.08 Å². The van der Waals surface area contributed by atoms with E-state index in [0.717, 1.165) is 18.1 Å². The lowest BCUT2D eigenvalue weighted by Crippen LogP contribution is -1.97. The van der Waals surface area contributed by atoms with E-state index in [9.17, 15) is 4.79 Å². The van der Waals surface area contributed by atoms with E-state index in [2.05, 4.69) is 0 Å². The number of carbonyl (C=O) groups is 1. The van der Waals surface area contributed by atoms with Gasteiger partial charge < -0.3 is 0 Å². The topological polar surface area (TPSA) is 17.1 Å². The molecule has 2 bridgehead atoms. The number of allylic oxidation sites excluding steroid dienone is 2. The second-order valence-corrected chi connectivity index (χ2v) is 3.46. The van der Waals surface area contributed by atoms with Crippen molar-refractivity contribution in [3.05, 3.63) is 11.6 Å². The van der Waals surface area contributed by atoms with Crippen LogP contribution in [0.15, 0.2) is 11.6 Å². The van der Waals surface area contributed by atoms with Gasteiger partial charge in [0.15, 0.2) is 0 Å². The highest BCUT2D eigenvalue weighted by molar-refractivity contribution is 5.66. The SMILES string of the molecule is O=CC=C1CC2CCC1C2. The van der Waals surface area contributed by atoms with Crippen molar-refractivity contribution in [3.8, 4) is 0 Å². The molecule has 0 radical (unpaired) electrons. The van der Waals surface area contributed by atoms with Crippen molar-refractivity contribution in [3.63, 3.8) is 0 Å². The second kappa shape index (κ2) is 2.22. The number of carbonyl (C=O) groups excluding carboxylic acids is 1. The molecule has 0 saturated heterocycles. The van der Waals surface area contributed by atoms with Gasteiger partial charge in [0.05, 0.1) is 0 Å². The zero-order chi connectivity index (χ0) is 6.97. The highest BCUT2D eigenvalue weighted by Crippen LogP contribution is 2.47. The van der Waals surface area contributed by atoms with Gasteiger partial charge in [-0.15, -0.1) is 0 Å². The van der Waals surface area contributed by atoms with Crippen LogP contribution in [0.1, 0.15) is 25.7 Å². The van der Waals surface area contributed by atoms with E-state index in [-0.39, 0.29) is 0 Å². The lowest BCUT2D eigenvalue weighted by atomic mass is 9.95. The first kappa shape index (κ1) is 6.14. The smallest absolute Gasteiger partial charge is 0.142 e. The summed E-state index contributed by atoms with van der Waals surface area (Å²) >= 11 is 0. The number of aldehydes is 1. The van der Waals surface area contributed by atoms with Crippen molar-refractivity contribution >= 4 is 6.29 Å². The Morgan fingerprint density at radius 2 is 2.30 bits per heavy atom. The first-order valence-electron chi connectivity index (χ1n) is 4.04. The third-order valence-electron chi connectivity index (χ3n) is 2.87. The minimum Gasteiger partial charge on any atom is -0.299 e. The van der Waals surface area contributed by atoms with Crippen LogP contribution < -0.4 is 0 Å². The van der Waals surface area contributed by atoms with Gasteiger partial charge in [-0.2, -0.15) is 0 Å². The van der Waals surface area contributed by atoms with Crippen LogP contribution in [0.2, 0.25) is 0 Å². The highest BCUT2D eigenvalue weighted by Gasteiger charge is 2.34. The summed E-state index contributed by atoms with van der Waals surface area (Å²) in [4.78, 5) is 10.2. The fourth-order valence-corrected chi connectivity index (χ4v) is 2.39. The maximum Gasteiger partial charge on any atom is 0.142 e. The summed E-state index contributed by atoms with van der Waals surface area (Å²) in [6, 6.07) is 0. The molecule has 2 saturated carbocycles. The summed E-state index contributed by atoms with van der Waals surface area (Å²) in [5.41, 5.74) is 1.42. The molecular formula is C9H12O. The number of fused-ring (bicyclic) bond motifs is 2. The van der Waals surface area contributed by atoms with Gasteiger partial charge in [-0.3, -0.25) is 4.79 Å². The molecule has 0 aromatic rings. The largest absolute Gasteiger partial charge is 0.299 e. The number of hydrogen-bond donors (Lipinski definition) is 0. The van der Waals surface area contributed by atoms with E-state index < -0.39 is 0 Å². The van der Waals surface area contributed by atoms with Gasteiger partial charge in [-0.05, 0) is 43.6 Å². The predicted molar refractivity (Wildman–Crippen MR) is 39.6 cm³/mol. The van der Waals surface area contributed by atoms with Crippen molar-refractivity contribution in [2.75, 3.05) is 0 Å². The fourth-order valence-electron chi connectivity index (χ4n) is 2.39. The number of rotatable bonds is 1. The highest BCUT2D eigenvalue weighted by atomic mass is 16.1. The molecule has 1 nitrogen and oxygen atoms in total. The molecule has 2 fully saturated rings. The molecule has 10 heavy (non-hydrogen) atoms. The van der Waals surface area contributed by atoms with E-state index in [4.69, 9.17) is 0 Å². The van der Waals surface area contributed by atoms with Crippen molar-refractivity contribution in [1.82, 2.24) is 0 Å². The van der Waals surface area contributed by atoms with E-state index in [1.165, 1.54) is 31.3 Å². The van der Waals surface area contributed by atoms with E-state index in [0.29, 0.717) is 0 Å². The Kier molecular flexibility index (Phi) is 1.37.